The molecule has 0 bridgehead atoms. The molecule has 0 aliphatic carbocycles. The number of benzene rings is 1. The third-order valence-electron chi connectivity index (χ3n) is 3.27. The van der Waals surface area contributed by atoms with Crippen molar-refractivity contribution in [3.63, 3.8) is 0 Å². The molecule has 0 fully saturated rings. The third kappa shape index (κ3) is 2.12. The van der Waals surface area contributed by atoms with Gasteiger partial charge in [0.05, 0.1) is 11.1 Å². The normalized spacial score (nSPS) is 10.8. The molecule has 0 radical (unpaired) electrons. The van der Waals surface area contributed by atoms with E-state index in [0.717, 1.165) is 16.6 Å². The summed E-state index contributed by atoms with van der Waals surface area (Å²) in [6.45, 7) is 2.02. The molecule has 2 aromatic heterocycles. The Morgan fingerprint density at radius 1 is 1.16 bits per heavy atom. The Kier molecular flexibility index (Phi) is 2.83. The summed E-state index contributed by atoms with van der Waals surface area (Å²) >= 11 is 0. The lowest BCUT2D eigenvalue weighted by Crippen LogP contribution is -2.11. The largest absolute Gasteiger partial charge is 0.272 e. The number of hydrogen-bond donors (Lipinski definition) is 1. The first-order valence-electron chi connectivity index (χ1n) is 6.11. The molecular weight excluding hydrogens is 238 g/mol. The maximum absolute atomic E-state index is 11.7. The number of aryl methyl sites for hydroxylation is 1. The molecule has 4 heteroatoms. The van der Waals surface area contributed by atoms with Gasteiger partial charge in [-0.2, -0.15) is 5.10 Å². The first kappa shape index (κ1) is 11.6. The van der Waals surface area contributed by atoms with Crippen LogP contribution in [0.4, 0.5) is 0 Å². The molecule has 2 heterocycles. The number of aromatic nitrogens is 3. The van der Waals surface area contributed by atoms with E-state index in [4.69, 9.17) is 0 Å². The van der Waals surface area contributed by atoms with Crippen molar-refractivity contribution in [3.05, 3.63) is 69.9 Å². The number of aromatic amines is 1. The number of rotatable bonds is 2. The SMILES string of the molecule is Cc1cnccc1Cc1n[nH]c(=O)c2ccccc12. The van der Waals surface area contributed by atoms with E-state index in [1.54, 1.807) is 6.20 Å². The number of hydrogen-bond acceptors (Lipinski definition) is 3. The lowest BCUT2D eigenvalue weighted by molar-refractivity contribution is 0.928. The molecule has 0 aliphatic rings. The Labute approximate surface area is 110 Å². The average Bonchev–Trinajstić information content (AvgIpc) is 2.44. The van der Waals surface area contributed by atoms with Crippen LogP contribution in [0.3, 0.4) is 0 Å². The van der Waals surface area contributed by atoms with E-state index in [2.05, 4.69) is 15.2 Å². The molecule has 0 unspecified atom stereocenters. The number of nitrogens with one attached hydrogen (secondary N) is 1. The molecule has 0 atom stereocenters. The van der Waals surface area contributed by atoms with Crippen LogP contribution in [0.1, 0.15) is 16.8 Å². The fourth-order valence-corrected chi connectivity index (χ4v) is 2.19. The zero-order valence-corrected chi connectivity index (χ0v) is 10.6. The van der Waals surface area contributed by atoms with Crippen molar-refractivity contribution >= 4 is 10.8 Å². The van der Waals surface area contributed by atoms with Crippen LogP contribution >= 0.6 is 0 Å². The van der Waals surface area contributed by atoms with Crippen molar-refractivity contribution in [1.29, 1.82) is 0 Å². The van der Waals surface area contributed by atoms with Crippen LogP contribution in [-0.4, -0.2) is 15.2 Å². The Morgan fingerprint density at radius 2 is 1.95 bits per heavy atom. The Balaban J connectivity index is 2.14. The molecule has 3 rings (SSSR count). The Hall–Kier alpha value is -2.49. The second-order valence-electron chi connectivity index (χ2n) is 4.52. The molecule has 3 aromatic rings. The number of fused-ring (bicyclic) bond motifs is 1. The van der Waals surface area contributed by atoms with Gasteiger partial charge in [0.2, 0.25) is 0 Å². The number of nitrogens with zero attached hydrogens (tertiary/aromatic N) is 2. The van der Waals surface area contributed by atoms with Crippen molar-refractivity contribution in [1.82, 2.24) is 15.2 Å². The monoisotopic (exact) mass is 251 g/mol. The van der Waals surface area contributed by atoms with Crippen LogP contribution < -0.4 is 5.56 Å². The summed E-state index contributed by atoms with van der Waals surface area (Å²) in [7, 11) is 0. The van der Waals surface area contributed by atoms with Crippen LogP contribution in [0, 0.1) is 6.92 Å². The van der Waals surface area contributed by atoms with E-state index < -0.39 is 0 Å². The summed E-state index contributed by atoms with van der Waals surface area (Å²) < 4.78 is 0. The molecule has 19 heavy (non-hydrogen) atoms. The van der Waals surface area contributed by atoms with Gasteiger partial charge in [-0.15, -0.1) is 0 Å². The van der Waals surface area contributed by atoms with Crippen molar-refractivity contribution in [2.45, 2.75) is 13.3 Å². The molecule has 0 saturated heterocycles. The highest BCUT2D eigenvalue weighted by atomic mass is 16.1. The van der Waals surface area contributed by atoms with Crippen LogP contribution in [0.25, 0.3) is 10.8 Å². The second-order valence-corrected chi connectivity index (χ2v) is 4.52. The predicted molar refractivity (Wildman–Crippen MR) is 74.1 cm³/mol. The summed E-state index contributed by atoms with van der Waals surface area (Å²) in [5.74, 6) is 0. The zero-order chi connectivity index (χ0) is 13.2. The summed E-state index contributed by atoms with van der Waals surface area (Å²) in [6, 6.07) is 9.52. The third-order valence-corrected chi connectivity index (χ3v) is 3.27. The fourth-order valence-electron chi connectivity index (χ4n) is 2.19. The van der Waals surface area contributed by atoms with Crippen LogP contribution in [-0.2, 0) is 6.42 Å². The summed E-state index contributed by atoms with van der Waals surface area (Å²) in [5.41, 5.74) is 3.02. The highest BCUT2D eigenvalue weighted by Gasteiger charge is 2.07. The first-order chi connectivity index (χ1) is 9.25. The van der Waals surface area contributed by atoms with Gasteiger partial charge < -0.3 is 0 Å². The van der Waals surface area contributed by atoms with Gasteiger partial charge in [-0.1, -0.05) is 18.2 Å². The van der Waals surface area contributed by atoms with E-state index in [1.807, 2.05) is 43.5 Å². The Morgan fingerprint density at radius 3 is 2.74 bits per heavy atom. The fraction of sp³-hybridized carbons (Fsp3) is 0.133. The molecule has 94 valence electrons. The van der Waals surface area contributed by atoms with E-state index in [-0.39, 0.29) is 5.56 Å². The first-order valence-corrected chi connectivity index (χ1v) is 6.11. The van der Waals surface area contributed by atoms with E-state index in [0.29, 0.717) is 11.8 Å². The Bertz CT molecular complexity index is 792. The smallest absolute Gasteiger partial charge is 0.267 e. The standard InChI is InChI=1S/C15H13N3O/c1-10-9-16-7-6-11(10)8-14-12-4-2-3-5-13(12)15(19)18-17-14/h2-7,9H,8H2,1H3,(H,18,19). The van der Waals surface area contributed by atoms with Crippen molar-refractivity contribution in [2.75, 3.05) is 0 Å². The van der Waals surface area contributed by atoms with Crippen LogP contribution in [0.5, 0.6) is 0 Å². The molecule has 1 aromatic carbocycles. The molecule has 0 amide bonds. The molecule has 1 N–H and O–H groups in total. The summed E-state index contributed by atoms with van der Waals surface area (Å²) in [5, 5.41) is 8.33. The van der Waals surface area contributed by atoms with Crippen LogP contribution in [0.2, 0.25) is 0 Å². The van der Waals surface area contributed by atoms with Crippen LogP contribution in [0.15, 0.2) is 47.5 Å². The minimum absolute atomic E-state index is 0.147. The molecule has 0 spiro atoms. The van der Waals surface area contributed by atoms with E-state index in [1.165, 1.54) is 5.56 Å². The van der Waals surface area contributed by atoms with Crippen molar-refractivity contribution < 1.29 is 0 Å². The van der Waals surface area contributed by atoms with Gasteiger partial charge in [0.15, 0.2) is 0 Å². The molecule has 4 nitrogen and oxygen atoms in total. The van der Waals surface area contributed by atoms with Gasteiger partial charge in [0.25, 0.3) is 5.56 Å². The van der Waals surface area contributed by atoms with Crippen molar-refractivity contribution in [2.24, 2.45) is 0 Å². The van der Waals surface area contributed by atoms with Gasteiger partial charge in [0.1, 0.15) is 0 Å². The highest BCUT2D eigenvalue weighted by molar-refractivity contribution is 5.83. The summed E-state index contributed by atoms with van der Waals surface area (Å²) in [4.78, 5) is 15.8. The molecule has 0 aliphatic heterocycles. The van der Waals surface area contributed by atoms with Gasteiger partial charge >= 0.3 is 0 Å². The lowest BCUT2D eigenvalue weighted by Gasteiger charge is -2.06. The van der Waals surface area contributed by atoms with Crippen molar-refractivity contribution in [3.8, 4) is 0 Å². The second kappa shape index (κ2) is 4.65. The quantitative estimate of drug-likeness (QED) is 0.759. The average molecular weight is 251 g/mol. The van der Waals surface area contributed by atoms with Gasteiger partial charge in [-0.25, -0.2) is 5.10 Å². The minimum atomic E-state index is -0.147. The maximum atomic E-state index is 11.7. The van der Waals surface area contributed by atoms with Gasteiger partial charge in [0, 0.05) is 24.2 Å². The lowest BCUT2D eigenvalue weighted by atomic mass is 10.0. The van der Waals surface area contributed by atoms with E-state index >= 15 is 0 Å². The summed E-state index contributed by atoms with van der Waals surface area (Å²) in [6.07, 6.45) is 4.30. The molecular formula is C15H13N3O. The number of pyridine rings is 1. The minimum Gasteiger partial charge on any atom is -0.267 e. The highest BCUT2D eigenvalue weighted by Crippen LogP contribution is 2.17. The maximum Gasteiger partial charge on any atom is 0.272 e. The molecule has 0 saturated carbocycles. The zero-order valence-electron chi connectivity index (χ0n) is 10.6. The topological polar surface area (TPSA) is 58.6 Å². The van der Waals surface area contributed by atoms with E-state index in [9.17, 15) is 4.79 Å². The van der Waals surface area contributed by atoms with Gasteiger partial charge in [-0.3, -0.25) is 9.78 Å². The van der Waals surface area contributed by atoms with Gasteiger partial charge in [-0.05, 0) is 30.2 Å². The number of H-pyrrole nitrogens is 1. The predicted octanol–water partition coefficient (Wildman–Crippen LogP) is 2.22.